The molecule has 7 nitrogen and oxygen atoms in total. The number of carbonyl (C=O) groups excluding carboxylic acids is 1. The molecule has 174 valence electrons. The Bertz CT molecular complexity index is 713. The zero-order valence-corrected chi connectivity index (χ0v) is 19.8. The first kappa shape index (κ1) is 24.8. The molecule has 7 heteroatoms. The molecule has 1 fully saturated rings. The first-order valence-corrected chi connectivity index (χ1v) is 11.6. The second kappa shape index (κ2) is 13.1. The maximum Gasteiger partial charge on any atom is 0.257 e. The Balaban J connectivity index is 1.96. The van der Waals surface area contributed by atoms with E-state index in [2.05, 4.69) is 36.7 Å². The third-order valence-corrected chi connectivity index (χ3v) is 5.78. The van der Waals surface area contributed by atoms with E-state index in [-0.39, 0.29) is 12.5 Å². The van der Waals surface area contributed by atoms with Gasteiger partial charge in [-0.1, -0.05) is 19.9 Å². The average Bonchev–Trinajstić information content (AvgIpc) is 2.77. The van der Waals surface area contributed by atoms with E-state index in [1.165, 1.54) is 25.7 Å². The number of ether oxygens (including phenoxy) is 2. The molecular weight excluding hydrogens is 392 g/mol. The molecule has 2 rings (SSSR count). The summed E-state index contributed by atoms with van der Waals surface area (Å²) in [6, 6.07) is 6.17. The van der Waals surface area contributed by atoms with Gasteiger partial charge in [0.2, 0.25) is 0 Å². The van der Waals surface area contributed by atoms with Crippen LogP contribution in [0.15, 0.2) is 23.2 Å². The van der Waals surface area contributed by atoms with Crippen molar-refractivity contribution in [2.24, 2.45) is 16.8 Å². The molecule has 0 saturated heterocycles. The highest BCUT2D eigenvalue weighted by atomic mass is 16.5. The van der Waals surface area contributed by atoms with Crippen LogP contribution >= 0.6 is 0 Å². The summed E-state index contributed by atoms with van der Waals surface area (Å²) in [6.07, 6.45) is 4.95. The van der Waals surface area contributed by atoms with Crippen LogP contribution in [-0.4, -0.2) is 44.7 Å². The number of aliphatic imine (C=N–C) groups is 1. The highest BCUT2D eigenvalue weighted by Crippen LogP contribution is 2.30. The zero-order valence-electron chi connectivity index (χ0n) is 19.8. The quantitative estimate of drug-likeness (QED) is 0.389. The molecule has 1 aliphatic rings. The fraction of sp³-hybridized carbons (Fsp3) is 0.667. The lowest BCUT2D eigenvalue weighted by Gasteiger charge is -2.32. The van der Waals surface area contributed by atoms with Gasteiger partial charge in [-0.25, -0.2) is 4.99 Å². The Morgan fingerprint density at radius 3 is 2.42 bits per heavy atom. The topological polar surface area (TPSA) is 84.0 Å². The van der Waals surface area contributed by atoms with E-state index in [1.807, 2.05) is 25.1 Å². The van der Waals surface area contributed by atoms with Gasteiger partial charge < -0.3 is 25.4 Å². The number of rotatable bonds is 10. The van der Waals surface area contributed by atoms with Gasteiger partial charge in [0.25, 0.3) is 5.91 Å². The van der Waals surface area contributed by atoms with Crippen LogP contribution in [0.25, 0.3) is 0 Å². The minimum absolute atomic E-state index is 0.0325. The molecule has 0 aliphatic heterocycles. The van der Waals surface area contributed by atoms with Crippen LogP contribution in [0.2, 0.25) is 0 Å². The highest BCUT2D eigenvalue weighted by molar-refractivity contribution is 5.80. The first-order valence-electron chi connectivity index (χ1n) is 11.6. The third kappa shape index (κ3) is 8.31. The fourth-order valence-corrected chi connectivity index (χ4v) is 3.94. The lowest BCUT2D eigenvalue weighted by Crippen LogP contribution is -2.45. The summed E-state index contributed by atoms with van der Waals surface area (Å²) in [4.78, 5) is 16.4. The van der Waals surface area contributed by atoms with E-state index in [9.17, 15) is 4.79 Å². The molecule has 0 bridgehead atoms. The number of amides is 1. The first-order chi connectivity index (χ1) is 15.0. The predicted octanol–water partition coefficient (Wildman–Crippen LogP) is 3.48. The molecule has 0 heterocycles. The number of hydrogen-bond acceptors (Lipinski definition) is 4. The molecule has 0 atom stereocenters. The summed E-state index contributed by atoms with van der Waals surface area (Å²) in [5.41, 5.74) is 1.02. The summed E-state index contributed by atoms with van der Waals surface area (Å²) >= 11 is 0. The molecule has 1 aromatic carbocycles. The number of nitrogens with one attached hydrogen (secondary N) is 3. The second-order valence-electron chi connectivity index (χ2n) is 8.42. The Morgan fingerprint density at radius 1 is 1.10 bits per heavy atom. The van der Waals surface area contributed by atoms with E-state index < -0.39 is 0 Å². The number of guanidine groups is 1. The predicted molar refractivity (Wildman–Crippen MR) is 126 cm³/mol. The van der Waals surface area contributed by atoms with E-state index in [1.54, 1.807) is 7.11 Å². The van der Waals surface area contributed by atoms with Gasteiger partial charge in [-0.15, -0.1) is 0 Å². The number of nitrogens with zero attached hydrogens (tertiary/aromatic N) is 1. The minimum atomic E-state index is -0.151. The van der Waals surface area contributed by atoms with Crippen LogP contribution < -0.4 is 25.4 Å². The third-order valence-electron chi connectivity index (χ3n) is 5.78. The van der Waals surface area contributed by atoms with Crippen LogP contribution in [-0.2, 0) is 11.3 Å². The Hall–Kier alpha value is -2.44. The van der Waals surface area contributed by atoms with Crippen molar-refractivity contribution in [3.8, 4) is 11.5 Å². The van der Waals surface area contributed by atoms with Gasteiger partial charge in [0.15, 0.2) is 24.1 Å². The highest BCUT2D eigenvalue weighted by Gasteiger charge is 2.23. The normalized spacial score (nSPS) is 19.1. The van der Waals surface area contributed by atoms with E-state index in [0.717, 1.165) is 29.9 Å². The van der Waals surface area contributed by atoms with Crippen LogP contribution in [0, 0.1) is 11.8 Å². The van der Waals surface area contributed by atoms with Gasteiger partial charge in [-0.05, 0) is 69.1 Å². The van der Waals surface area contributed by atoms with Crippen LogP contribution in [0.3, 0.4) is 0 Å². The van der Waals surface area contributed by atoms with E-state index >= 15 is 0 Å². The summed E-state index contributed by atoms with van der Waals surface area (Å²) < 4.78 is 11.0. The largest absolute Gasteiger partial charge is 0.493 e. The zero-order chi connectivity index (χ0) is 22.6. The van der Waals surface area contributed by atoms with Gasteiger partial charge in [-0.3, -0.25) is 4.79 Å². The van der Waals surface area contributed by atoms with Gasteiger partial charge in [0.1, 0.15) is 0 Å². The summed E-state index contributed by atoms with van der Waals surface area (Å²) in [5.74, 6) is 3.47. The number of likely N-dealkylation sites (N-methyl/N-ethyl adjacent to an activating group) is 1. The molecule has 1 amide bonds. The standard InChI is InChI=1S/C24H40N4O3/c1-6-25-23(29)16-31-21-13-8-18(14-22(21)30-5)15-27-24(26-7-2)28-20-11-9-19(10-12-20)17(3)4/h8,13-14,17,19-20H,6-7,9-12,15-16H2,1-5H3,(H,25,29)(H2,26,27,28). The number of carbonyl (C=O) groups is 1. The maximum atomic E-state index is 11.6. The van der Waals surface area contributed by atoms with Crippen molar-refractivity contribution in [3.63, 3.8) is 0 Å². The Kier molecular flexibility index (Phi) is 10.5. The average molecular weight is 433 g/mol. The summed E-state index contributed by atoms with van der Waals surface area (Å²) in [5, 5.41) is 9.68. The SMILES string of the molecule is CCNC(=O)COc1ccc(CN=C(NCC)NC2CCC(C(C)C)CC2)cc1OC. The molecule has 0 spiro atoms. The van der Waals surface area contributed by atoms with Crippen molar-refractivity contribution in [3.05, 3.63) is 23.8 Å². The van der Waals surface area contributed by atoms with Crippen molar-refractivity contribution in [2.45, 2.75) is 66.0 Å². The number of hydrogen-bond donors (Lipinski definition) is 3. The maximum absolute atomic E-state index is 11.6. The Morgan fingerprint density at radius 2 is 1.81 bits per heavy atom. The lowest BCUT2D eigenvalue weighted by atomic mass is 9.80. The van der Waals surface area contributed by atoms with E-state index in [0.29, 0.717) is 30.6 Å². The molecule has 31 heavy (non-hydrogen) atoms. The second-order valence-corrected chi connectivity index (χ2v) is 8.42. The molecular formula is C24H40N4O3. The summed E-state index contributed by atoms with van der Waals surface area (Å²) in [7, 11) is 1.60. The van der Waals surface area contributed by atoms with Gasteiger partial charge in [0.05, 0.1) is 13.7 Å². The van der Waals surface area contributed by atoms with Crippen LogP contribution in [0.5, 0.6) is 11.5 Å². The Labute approximate surface area is 187 Å². The van der Waals surface area contributed by atoms with Gasteiger partial charge in [0, 0.05) is 19.1 Å². The van der Waals surface area contributed by atoms with E-state index in [4.69, 9.17) is 14.5 Å². The minimum Gasteiger partial charge on any atom is -0.493 e. The molecule has 0 aromatic heterocycles. The van der Waals surface area contributed by atoms with Crippen molar-refractivity contribution >= 4 is 11.9 Å². The smallest absolute Gasteiger partial charge is 0.257 e. The monoisotopic (exact) mass is 432 g/mol. The van der Waals surface area contributed by atoms with Crippen molar-refractivity contribution in [2.75, 3.05) is 26.8 Å². The molecule has 3 N–H and O–H groups in total. The molecule has 1 aromatic rings. The number of benzene rings is 1. The van der Waals surface area contributed by atoms with Crippen molar-refractivity contribution in [1.29, 1.82) is 0 Å². The van der Waals surface area contributed by atoms with Crippen molar-refractivity contribution < 1.29 is 14.3 Å². The van der Waals surface area contributed by atoms with Crippen LogP contribution in [0.1, 0.15) is 58.9 Å². The molecule has 0 radical (unpaired) electrons. The molecule has 1 saturated carbocycles. The molecule has 1 aliphatic carbocycles. The van der Waals surface area contributed by atoms with Crippen LogP contribution in [0.4, 0.5) is 0 Å². The van der Waals surface area contributed by atoms with Gasteiger partial charge >= 0.3 is 0 Å². The summed E-state index contributed by atoms with van der Waals surface area (Å²) in [6.45, 7) is 10.5. The molecule has 0 unspecified atom stereocenters. The van der Waals surface area contributed by atoms with Crippen molar-refractivity contribution in [1.82, 2.24) is 16.0 Å². The number of methoxy groups -OCH3 is 1. The lowest BCUT2D eigenvalue weighted by molar-refractivity contribution is -0.123. The van der Waals surface area contributed by atoms with Gasteiger partial charge in [-0.2, -0.15) is 0 Å². The fourth-order valence-electron chi connectivity index (χ4n) is 3.94.